The van der Waals surface area contributed by atoms with E-state index in [4.69, 9.17) is 4.74 Å². The van der Waals surface area contributed by atoms with Gasteiger partial charge in [-0.05, 0) is 19.3 Å². The number of rotatable bonds is 3. The van der Waals surface area contributed by atoms with Crippen LogP contribution in [-0.2, 0) is 4.74 Å². The Morgan fingerprint density at radius 3 is 2.94 bits per heavy atom. The lowest BCUT2D eigenvalue weighted by Crippen LogP contribution is -2.30. The van der Waals surface area contributed by atoms with E-state index in [1.807, 2.05) is 0 Å². The van der Waals surface area contributed by atoms with Gasteiger partial charge in [0.05, 0.1) is 6.10 Å². The number of hydrogen-bond acceptors (Lipinski definition) is 4. The molecule has 1 aliphatic heterocycles. The molecule has 0 aromatic carbocycles. The number of hydrogen-bond donors (Lipinski definition) is 1. The molecule has 1 atom stereocenters. The van der Waals surface area contributed by atoms with Gasteiger partial charge in [-0.25, -0.2) is 4.98 Å². The lowest BCUT2D eigenvalue weighted by atomic mass is 10.3. The molecule has 92 valence electrons. The maximum atomic E-state index is 12.1. The van der Waals surface area contributed by atoms with Crippen molar-refractivity contribution in [3.63, 3.8) is 0 Å². The van der Waals surface area contributed by atoms with Crippen LogP contribution < -0.4 is 0 Å². The van der Waals surface area contributed by atoms with Gasteiger partial charge in [-0.15, -0.1) is 5.10 Å². The summed E-state index contributed by atoms with van der Waals surface area (Å²) in [5, 5.41) is 6.86. The first-order chi connectivity index (χ1) is 8.28. The summed E-state index contributed by atoms with van der Waals surface area (Å²) in [6.45, 7) is 1.37. The van der Waals surface area contributed by atoms with Gasteiger partial charge in [-0.3, -0.25) is 9.89 Å². The minimum Gasteiger partial charge on any atom is -0.380 e. The summed E-state index contributed by atoms with van der Waals surface area (Å²) in [4.78, 5) is 18.1. The molecule has 2 fully saturated rings. The number of carbonyl (C=O) groups excluding carboxylic acids is 1. The van der Waals surface area contributed by atoms with E-state index in [0.717, 1.165) is 31.6 Å². The Balaban J connectivity index is 1.68. The third-order valence-electron chi connectivity index (χ3n) is 3.42. The molecule has 0 bridgehead atoms. The van der Waals surface area contributed by atoms with Crippen LogP contribution in [0.25, 0.3) is 0 Å². The maximum absolute atomic E-state index is 12.1. The third-order valence-corrected chi connectivity index (χ3v) is 3.42. The van der Waals surface area contributed by atoms with Crippen LogP contribution in [0.5, 0.6) is 0 Å². The van der Waals surface area contributed by atoms with E-state index >= 15 is 0 Å². The first-order valence-corrected chi connectivity index (χ1v) is 6.02. The smallest absolute Gasteiger partial charge is 0.293 e. The maximum Gasteiger partial charge on any atom is 0.293 e. The van der Waals surface area contributed by atoms with Crippen molar-refractivity contribution in [2.24, 2.45) is 0 Å². The fourth-order valence-corrected chi connectivity index (χ4v) is 2.16. The lowest BCUT2D eigenvalue weighted by molar-refractivity contribution is 0.0713. The Labute approximate surface area is 99.4 Å². The average Bonchev–Trinajstić information content (AvgIpc) is 2.93. The summed E-state index contributed by atoms with van der Waals surface area (Å²) >= 11 is 0. The van der Waals surface area contributed by atoms with Crippen molar-refractivity contribution in [3.05, 3.63) is 11.6 Å². The number of aromatic amines is 1. The summed E-state index contributed by atoms with van der Waals surface area (Å²) in [5.41, 5.74) is 0. The first-order valence-electron chi connectivity index (χ1n) is 6.02. The highest BCUT2D eigenvalue weighted by Crippen LogP contribution is 2.37. The summed E-state index contributed by atoms with van der Waals surface area (Å²) in [6.07, 6.45) is 3.35. The Kier molecular flexibility index (Phi) is 2.58. The highest BCUT2D eigenvalue weighted by molar-refractivity contribution is 5.90. The van der Waals surface area contributed by atoms with Crippen LogP contribution >= 0.6 is 0 Å². The molecule has 0 radical (unpaired) electrons. The molecule has 0 spiro atoms. The van der Waals surface area contributed by atoms with E-state index in [2.05, 4.69) is 15.2 Å². The topological polar surface area (TPSA) is 71.1 Å². The van der Waals surface area contributed by atoms with Crippen LogP contribution in [0.3, 0.4) is 0 Å². The van der Waals surface area contributed by atoms with E-state index in [-0.39, 0.29) is 12.0 Å². The van der Waals surface area contributed by atoms with Gasteiger partial charge in [0.25, 0.3) is 5.91 Å². The minimum absolute atomic E-state index is 0.0901. The van der Waals surface area contributed by atoms with Gasteiger partial charge < -0.3 is 9.64 Å². The van der Waals surface area contributed by atoms with Crippen molar-refractivity contribution in [1.29, 1.82) is 0 Å². The number of aromatic nitrogens is 3. The van der Waals surface area contributed by atoms with Crippen LogP contribution in [0.1, 0.15) is 41.6 Å². The average molecular weight is 236 g/mol. The highest BCUT2D eigenvalue weighted by atomic mass is 16.5. The number of carbonyl (C=O) groups is 1. The summed E-state index contributed by atoms with van der Waals surface area (Å²) in [6, 6.07) is 0. The Hall–Kier alpha value is -1.43. The molecule has 6 nitrogen and oxygen atoms in total. The van der Waals surface area contributed by atoms with E-state index in [1.54, 1.807) is 12.0 Å². The van der Waals surface area contributed by atoms with Crippen LogP contribution in [0.4, 0.5) is 0 Å². The quantitative estimate of drug-likeness (QED) is 0.831. The van der Waals surface area contributed by atoms with Gasteiger partial charge in [0, 0.05) is 26.1 Å². The Morgan fingerprint density at radius 2 is 2.29 bits per heavy atom. The van der Waals surface area contributed by atoms with E-state index in [9.17, 15) is 4.79 Å². The second-order valence-electron chi connectivity index (χ2n) is 4.72. The number of ether oxygens (including phenoxy) is 1. The molecule has 2 aliphatic rings. The molecular formula is C11H16N4O2. The van der Waals surface area contributed by atoms with Crippen molar-refractivity contribution in [3.8, 4) is 0 Å². The number of nitrogens with zero attached hydrogens (tertiary/aromatic N) is 3. The molecule has 1 amide bonds. The molecule has 1 saturated heterocycles. The summed E-state index contributed by atoms with van der Waals surface area (Å²) in [7, 11) is 1.68. The second-order valence-corrected chi connectivity index (χ2v) is 4.72. The molecule has 1 aromatic rings. The van der Waals surface area contributed by atoms with Crippen LogP contribution in [-0.4, -0.2) is 52.3 Å². The van der Waals surface area contributed by atoms with Gasteiger partial charge >= 0.3 is 0 Å². The number of methoxy groups -OCH3 is 1. The number of H-pyrrole nitrogens is 1. The van der Waals surface area contributed by atoms with Crippen molar-refractivity contribution in [2.45, 2.75) is 31.3 Å². The monoisotopic (exact) mass is 236 g/mol. The first kappa shape index (κ1) is 10.7. The predicted molar refractivity (Wildman–Crippen MR) is 59.7 cm³/mol. The van der Waals surface area contributed by atoms with E-state index < -0.39 is 0 Å². The third kappa shape index (κ3) is 2.04. The van der Waals surface area contributed by atoms with Crippen molar-refractivity contribution in [1.82, 2.24) is 20.1 Å². The zero-order valence-electron chi connectivity index (χ0n) is 9.85. The fraction of sp³-hybridized carbons (Fsp3) is 0.727. The highest BCUT2D eigenvalue weighted by Gasteiger charge is 2.31. The normalized spacial score (nSPS) is 24.3. The molecular weight excluding hydrogens is 220 g/mol. The number of nitrogens with one attached hydrogen (secondary N) is 1. The van der Waals surface area contributed by atoms with Crippen molar-refractivity contribution >= 4 is 5.91 Å². The number of likely N-dealkylation sites (tertiary alicyclic amines) is 1. The predicted octanol–water partition coefficient (Wildman–Crippen LogP) is 0.543. The molecule has 3 rings (SSSR count). The zero-order chi connectivity index (χ0) is 11.8. The van der Waals surface area contributed by atoms with Gasteiger partial charge in [-0.2, -0.15) is 0 Å². The summed E-state index contributed by atoms with van der Waals surface area (Å²) in [5.74, 6) is 1.56. The zero-order valence-corrected chi connectivity index (χ0v) is 9.85. The standard InChI is InChI=1S/C11H16N4O2/c1-17-8-4-5-15(6-8)11(16)10-12-9(13-14-10)7-2-3-7/h7-8H,2-6H2,1H3,(H,12,13,14). The van der Waals surface area contributed by atoms with Gasteiger partial charge in [0.2, 0.25) is 5.82 Å². The summed E-state index contributed by atoms with van der Waals surface area (Å²) < 4.78 is 5.24. The van der Waals surface area contributed by atoms with Gasteiger partial charge in [0.1, 0.15) is 5.82 Å². The molecule has 1 aliphatic carbocycles. The van der Waals surface area contributed by atoms with Gasteiger partial charge in [-0.1, -0.05) is 0 Å². The van der Waals surface area contributed by atoms with Crippen LogP contribution in [0.2, 0.25) is 0 Å². The Bertz CT molecular complexity index is 427. The second kappa shape index (κ2) is 4.10. The van der Waals surface area contributed by atoms with Gasteiger partial charge in [0.15, 0.2) is 0 Å². The van der Waals surface area contributed by atoms with E-state index in [1.165, 1.54) is 0 Å². The Morgan fingerprint density at radius 1 is 1.47 bits per heavy atom. The molecule has 17 heavy (non-hydrogen) atoms. The molecule has 1 N–H and O–H groups in total. The fourth-order valence-electron chi connectivity index (χ4n) is 2.16. The van der Waals surface area contributed by atoms with E-state index in [0.29, 0.717) is 18.3 Å². The molecule has 1 saturated carbocycles. The molecule has 1 aromatic heterocycles. The molecule has 6 heteroatoms. The SMILES string of the molecule is COC1CCN(C(=O)c2n[nH]c(C3CC3)n2)C1. The largest absolute Gasteiger partial charge is 0.380 e. The van der Waals surface area contributed by atoms with Crippen LogP contribution in [0.15, 0.2) is 0 Å². The minimum atomic E-state index is -0.0901. The van der Waals surface area contributed by atoms with Crippen LogP contribution in [0, 0.1) is 0 Å². The number of amides is 1. The molecule has 2 heterocycles. The molecule has 1 unspecified atom stereocenters. The van der Waals surface area contributed by atoms with Crippen molar-refractivity contribution in [2.75, 3.05) is 20.2 Å². The lowest BCUT2D eigenvalue weighted by Gasteiger charge is -2.13. The van der Waals surface area contributed by atoms with Crippen molar-refractivity contribution < 1.29 is 9.53 Å².